The SMILES string of the molecule is CC.CC.CCC.Cc1ccc(C)nc1. The van der Waals surface area contributed by atoms with E-state index in [2.05, 4.69) is 24.9 Å². The van der Waals surface area contributed by atoms with Gasteiger partial charge in [-0.15, -0.1) is 0 Å². The molecule has 1 aromatic rings. The van der Waals surface area contributed by atoms with E-state index in [0.29, 0.717) is 0 Å². The average Bonchev–Trinajstić information content (AvgIpc) is 2.29. The predicted octanol–water partition coefficient (Wildman–Crippen LogP) is 5.17. The van der Waals surface area contributed by atoms with Crippen LogP contribution in [0, 0.1) is 13.8 Å². The van der Waals surface area contributed by atoms with Crippen LogP contribution in [0.25, 0.3) is 0 Å². The summed E-state index contributed by atoms with van der Waals surface area (Å²) in [5.41, 5.74) is 2.30. The summed E-state index contributed by atoms with van der Waals surface area (Å²) >= 11 is 0. The minimum atomic E-state index is 1.08. The van der Waals surface area contributed by atoms with Crippen molar-refractivity contribution in [1.29, 1.82) is 0 Å². The van der Waals surface area contributed by atoms with E-state index in [9.17, 15) is 0 Å². The lowest BCUT2D eigenvalue weighted by Gasteiger charge is -1.89. The van der Waals surface area contributed by atoms with Crippen LogP contribution in [-0.2, 0) is 0 Å². The molecule has 0 fully saturated rings. The highest BCUT2D eigenvalue weighted by Gasteiger charge is 1.81. The van der Waals surface area contributed by atoms with Crippen LogP contribution in [0.4, 0.5) is 0 Å². The fourth-order valence-corrected chi connectivity index (χ4v) is 0.542. The molecule has 0 aromatic carbocycles. The molecule has 0 unspecified atom stereocenters. The molecule has 0 saturated carbocycles. The quantitative estimate of drug-likeness (QED) is 0.577. The van der Waals surface area contributed by atoms with Crippen molar-refractivity contribution in [3.05, 3.63) is 29.6 Å². The summed E-state index contributed by atoms with van der Waals surface area (Å²) in [6, 6.07) is 4.07. The minimum Gasteiger partial charge on any atom is -0.261 e. The third-order valence-electron chi connectivity index (χ3n) is 1.06. The van der Waals surface area contributed by atoms with Gasteiger partial charge >= 0.3 is 0 Å². The van der Waals surface area contributed by atoms with Gasteiger partial charge in [0.25, 0.3) is 0 Å². The topological polar surface area (TPSA) is 12.9 Å². The molecule has 0 amide bonds. The third kappa shape index (κ3) is 19.5. The Morgan fingerprint density at radius 3 is 1.53 bits per heavy atom. The van der Waals surface area contributed by atoms with Gasteiger partial charge in [-0.25, -0.2) is 0 Å². The molecule has 0 spiro atoms. The zero-order valence-corrected chi connectivity index (χ0v) is 11.9. The molecule has 0 N–H and O–H groups in total. The van der Waals surface area contributed by atoms with Crippen molar-refractivity contribution in [3.63, 3.8) is 0 Å². The van der Waals surface area contributed by atoms with Crippen molar-refractivity contribution < 1.29 is 0 Å². The summed E-state index contributed by atoms with van der Waals surface area (Å²) in [7, 11) is 0. The van der Waals surface area contributed by atoms with E-state index in [1.807, 2.05) is 53.8 Å². The lowest BCUT2D eigenvalue weighted by molar-refractivity contribution is 1.09. The number of pyridine rings is 1. The van der Waals surface area contributed by atoms with Gasteiger partial charge in [0.05, 0.1) is 0 Å². The van der Waals surface area contributed by atoms with Gasteiger partial charge in [-0.3, -0.25) is 4.98 Å². The molecule has 15 heavy (non-hydrogen) atoms. The zero-order valence-electron chi connectivity index (χ0n) is 11.9. The monoisotopic (exact) mass is 211 g/mol. The molecular weight excluding hydrogens is 182 g/mol. The zero-order chi connectivity index (χ0) is 12.7. The molecule has 0 atom stereocenters. The van der Waals surface area contributed by atoms with Gasteiger partial charge in [0.2, 0.25) is 0 Å². The standard InChI is InChI=1S/C7H9N.C3H8.2C2H6/c1-6-3-4-7(2)8-5-6;1-3-2;2*1-2/h3-5H,1-2H3;3H2,1-2H3;2*1-2H3. The van der Waals surface area contributed by atoms with Crippen molar-refractivity contribution in [3.8, 4) is 0 Å². The van der Waals surface area contributed by atoms with Crippen molar-refractivity contribution >= 4 is 0 Å². The van der Waals surface area contributed by atoms with E-state index in [1.165, 1.54) is 12.0 Å². The molecule has 0 bridgehead atoms. The van der Waals surface area contributed by atoms with Crippen LogP contribution in [0.2, 0.25) is 0 Å². The second-order valence-corrected chi connectivity index (χ2v) is 2.68. The Bertz CT molecular complexity index is 156. The fraction of sp³-hybridized carbons (Fsp3) is 0.643. The van der Waals surface area contributed by atoms with Crippen molar-refractivity contribution in [2.24, 2.45) is 0 Å². The van der Waals surface area contributed by atoms with Crippen LogP contribution in [0.5, 0.6) is 0 Å². The Balaban J connectivity index is -0.000000176. The van der Waals surface area contributed by atoms with Crippen molar-refractivity contribution in [2.75, 3.05) is 0 Å². The number of aromatic nitrogens is 1. The summed E-state index contributed by atoms with van der Waals surface area (Å²) in [6.07, 6.45) is 3.12. The second-order valence-electron chi connectivity index (χ2n) is 2.68. The van der Waals surface area contributed by atoms with Crippen LogP contribution in [0.1, 0.15) is 59.2 Å². The molecule has 1 heterocycles. The molecule has 1 aromatic heterocycles. The lowest BCUT2D eigenvalue weighted by Crippen LogP contribution is -1.78. The van der Waals surface area contributed by atoms with Crippen LogP contribution >= 0.6 is 0 Å². The smallest absolute Gasteiger partial charge is 0.0372 e. The van der Waals surface area contributed by atoms with Gasteiger partial charge < -0.3 is 0 Å². The normalized spacial score (nSPS) is 6.93. The Morgan fingerprint density at radius 1 is 0.933 bits per heavy atom. The Kier molecular flexibility index (Phi) is 24.7. The first-order valence-electron chi connectivity index (χ1n) is 6.10. The van der Waals surface area contributed by atoms with Gasteiger partial charge in [-0.2, -0.15) is 0 Å². The van der Waals surface area contributed by atoms with Gasteiger partial charge in [0, 0.05) is 11.9 Å². The maximum atomic E-state index is 4.08. The van der Waals surface area contributed by atoms with Crippen LogP contribution in [0.15, 0.2) is 18.3 Å². The van der Waals surface area contributed by atoms with Gasteiger partial charge in [0.1, 0.15) is 0 Å². The van der Waals surface area contributed by atoms with E-state index < -0.39 is 0 Å². The van der Waals surface area contributed by atoms with E-state index in [4.69, 9.17) is 0 Å². The highest BCUT2D eigenvalue weighted by Crippen LogP contribution is 1.94. The highest BCUT2D eigenvalue weighted by molar-refractivity contribution is 5.10. The van der Waals surface area contributed by atoms with E-state index >= 15 is 0 Å². The number of nitrogens with zero attached hydrogens (tertiary/aromatic N) is 1. The summed E-state index contributed by atoms with van der Waals surface area (Å²) < 4.78 is 0. The second kappa shape index (κ2) is 18.8. The first kappa shape index (κ1) is 19.7. The van der Waals surface area contributed by atoms with E-state index in [-0.39, 0.29) is 0 Å². The van der Waals surface area contributed by atoms with Crippen LogP contribution in [0.3, 0.4) is 0 Å². The number of rotatable bonds is 0. The van der Waals surface area contributed by atoms with Crippen LogP contribution < -0.4 is 0 Å². The summed E-state index contributed by atoms with van der Waals surface area (Å²) in [4.78, 5) is 4.08. The third-order valence-corrected chi connectivity index (χ3v) is 1.06. The van der Waals surface area contributed by atoms with Gasteiger partial charge in [0.15, 0.2) is 0 Å². The molecule has 1 rings (SSSR count). The maximum absolute atomic E-state index is 4.08. The Labute approximate surface area is 97.0 Å². The molecule has 1 nitrogen and oxygen atoms in total. The molecule has 0 radical (unpaired) electrons. The molecular formula is C14H29N. The molecule has 0 aliphatic rings. The number of hydrogen-bond acceptors (Lipinski definition) is 1. The Morgan fingerprint density at radius 2 is 1.33 bits per heavy atom. The Hall–Kier alpha value is -0.850. The maximum Gasteiger partial charge on any atom is 0.0372 e. The predicted molar refractivity (Wildman–Crippen MR) is 72.4 cm³/mol. The fourth-order valence-electron chi connectivity index (χ4n) is 0.542. The van der Waals surface area contributed by atoms with Crippen molar-refractivity contribution in [1.82, 2.24) is 4.98 Å². The number of hydrogen-bond donors (Lipinski definition) is 0. The largest absolute Gasteiger partial charge is 0.261 e. The lowest BCUT2D eigenvalue weighted by atomic mass is 10.3. The van der Waals surface area contributed by atoms with Gasteiger partial charge in [-0.05, 0) is 25.5 Å². The van der Waals surface area contributed by atoms with E-state index in [0.717, 1.165) is 5.69 Å². The number of aryl methyl sites for hydroxylation is 2. The summed E-state index contributed by atoms with van der Waals surface area (Å²) in [5, 5.41) is 0. The van der Waals surface area contributed by atoms with Crippen molar-refractivity contribution in [2.45, 2.75) is 61.8 Å². The summed E-state index contributed by atoms with van der Waals surface area (Å²) in [5.74, 6) is 0. The first-order chi connectivity index (χ1) is 7.20. The molecule has 0 aliphatic heterocycles. The first-order valence-corrected chi connectivity index (χ1v) is 6.10. The van der Waals surface area contributed by atoms with Crippen LogP contribution in [-0.4, -0.2) is 4.98 Å². The van der Waals surface area contributed by atoms with E-state index in [1.54, 1.807) is 0 Å². The van der Waals surface area contributed by atoms with Gasteiger partial charge in [-0.1, -0.05) is 54.0 Å². The summed E-state index contributed by atoms with van der Waals surface area (Å²) in [6.45, 7) is 16.3. The minimum absolute atomic E-state index is 1.08. The molecule has 0 saturated heterocycles. The molecule has 1 heteroatoms. The molecule has 90 valence electrons. The highest BCUT2D eigenvalue weighted by atomic mass is 14.6. The average molecular weight is 211 g/mol. The molecule has 0 aliphatic carbocycles.